The van der Waals surface area contributed by atoms with E-state index in [2.05, 4.69) is 0 Å². The van der Waals surface area contributed by atoms with Crippen LogP contribution in [0.2, 0.25) is 0 Å². The van der Waals surface area contributed by atoms with Gasteiger partial charge in [0.15, 0.2) is 0 Å². The number of hydrogen-bond acceptors (Lipinski definition) is 0. The smallest absolute Gasteiger partial charge is 0.207 e. The van der Waals surface area contributed by atoms with Crippen LogP contribution < -0.4 is 0 Å². The molecule has 0 nitrogen and oxygen atoms in total. The molecule has 0 heterocycles. The van der Waals surface area contributed by atoms with Gasteiger partial charge in [-0.3, -0.25) is 0 Å². The quantitative estimate of drug-likeness (QED) is 0.515. The van der Waals surface area contributed by atoms with E-state index in [4.69, 9.17) is 0 Å². The van der Waals surface area contributed by atoms with Crippen molar-refractivity contribution in [2.75, 3.05) is 0 Å². The minimum Gasteiger partial charge on any atom is -0.207 e. The molecule has 1 rings (SSSR count). The first-order valence-electron chi connectivity index (χ1n) is 3.96. The summed E-state index contributed by atoms with van der Waals surface area (Å²) in [6.45, 7) is 3.11. The molecule has 0 aromatic carbocycles. The Hall–Kier alpha value is -0.800. The molecule has 1 aliphatic rings. The van der Waals surface area contributed by atoms with Gasteiger partial charge in [0, 0.05) is 5.57 Å². The predicted molar refractivity (Wildman–Crippen MR) is 41.7 cm³/mol. The van der Waals surface area contributed by atoms with E-state index in [1.165, 1.54) is 6.92 Å². The minimum atomic E-state index is -4.40. The van der Waals surface area contributed by atoms with Gasteiger partial charge in [0.05, 0.1) is 0 Å². The third kappa shape index (κ3) is 2.11. The van der Waals surface area contributed by atoms with Gasteiger partial charge in [0.2, 0.25) is 0 Å². The second kappa shape index (κ2) is 3.16. The van der Waals surface area contributed by atoms with Crippen LogP contribution in [0.15, 0.2) is 23.0 Å². The van der Waals surface area contributed by atoms with Crippen molar-refractivity contribution in [3.05, 3.63) is 23.0 Å². The molecule has 0 spiro atoms. The molecule has 1 aliphatic carbocycles. The first-order valence-corrected chi connectivity index (χ1v) is 3.96. The predicted octanol–water partition coefficient (Wildman–Crippen LogP) is 3.76. The number of alkyl halides is 3. The van der Waals surface area contributed by atoms with Gasteiger partial charge in [-0.15, -0.1) is 0 Å². The van der Waals surface area contributed by atoms with Gasteiger partial charge in [0.1, 0.15) is 5.83 Å². The molecule has 0 N–H and O–H groups in total. The summed E-state index contributed by atoms with van der Waals surface area (Å²) < 4.78 is 49.4. The highest BCUT2D eigenvalue weighted by Crippen LogP contribution is 2.38. The van der Waals surface area contributed by atoms with E-state index >= 15 is 0 Å². The number of hydrogen-bond donors (Lipinski definition) is 0. The second-order valence-electron chi connectivity index (χ2n) is 3.30. The average molecular weight is 194 g/mol. The van der Waals surface area contributed by atoms with Crippen molar-refractivity contribution in [3.8, 4) is 0 Å². The Morgan fingerprint density at radius 1 is 1.38 bits per heavy atom. The Balaban J connectivity index is 3.00. The highest BCUT2D eigenvalue weighted by atomic mass is 19.4. The maximum absolute atomic E-state index is 12.9. The fourth-order valence-corrected chi connectivity index (χ4v) is 1.24. The van der Waals surface area contributed by atoms with E-state index in [-0.39, 0.29) is 12.3 Å². The lowest BCUT2D eigenvalue weighted by molar-refractivity contribution is -0.0953. The zero-order valence-electron chi connectivity index (χ0n) is 7.37. The normalized spacial score (nSPS) is 24.8. The summed E-state index contributed by atoms with van der Waals surface area (Å²) in [6, 6.07) is 0. The summed E-state index contributed by atoms with van der Waals surface area (Å²) in [7, 11) is 0. The van der Waals surface area contributed by atoms with Crippen LogP contribution in [0.25, 0.3) is 0 Å². The molecule has 0 aliphatic heterocycles. The van der Waals surface area contributed by atoms with Crippen LogP contribution >= 0.6 is 0 Å². The molecule has 0 radical (unpaired) electrons. The minimum absolute atomic E-state index is 0.122. The molecule has 0 amide bonds. The molecule has 1 unspecified atom stereocenters. The average Bonchev–Trinajstić information content (AvgIpc) is 1.97. The molecule has 1 atom stereocenters. The molecular formula is C9H10F4. The largest absolute Gasteiger partial charge is 0.412 e. The summed E-state index contributed by atoms with van der Waals surface area (Å²) in [5.41, 5.74) is -0.379. The lowest BCUT2D eigenvalue weighted by Gasteiger charge is -2.21. The fraction of sp³-hybridized carbons (Fsp3) is 0.556. The summed E-state index contributed by atoms with van der Waals surface area (Å²) >= 11 is 0. The first-order chi connectivity index (χ1) is 5.82. The number of halogens is 4. The Morgan fingerprint density at radius 2 is 1.92 bits per heavy atom. The van der Waals surface area contributed by atoms with Crippen LogP contribution in [-0.2, 0) is 0 Å². The van der Waals surface area contributed by atoms with Gasteiger partial charge in [-0.2, -0.15) is 13.2 Å². The lowest BCUT2D eigenvalue weighted by Crippen LogP contribution is -2.18. The third-order valence-corrected chi connectivity index (χ3v) is 2.31. The Morgan fingerprint density at radius 3 is 2.31 bits per heavy atom. The van der Waals surface area contributed by atoms with Crippen molar-refractivity contribution in [3.63, 3.8) is 0 Å². The third-order valence-electron chi connectivity index (χ3n) is 2.31. The molecule has 0 bridgehead atoms. The second-order valence-corrected chi connectivity index (χ2v) is 3.30. The Labute approximate surface area is 73.9 Å². The molecule has 0 aromatic rings. The van der Waals surface area contributed by atoms with Crippen LogP contribution in [0, 0.1) is 5.92 Å². The maximum atomic E-state index is 12.9. The Kier molecular flexibility index (Phi) is 2.50. The first kappa shape index (κ1) is 10.3. The lowest BCUT2D eigenvalue weighted by atomic mass is 9.88. The topological polar surface area (TPSA) is 0 Å². The van der Waals surface area contributed by atoms with Crippen LogP contribution in [0.1, 0.15) is 20.3 Å². The fourth-order valence-electron chi connectivity index (χ4n) is 1.24. The van der Waals surface area contributed by atoms with E-state index in [1.54, 1.807) is 6.92 Å². The van der Waals surface area contributed by atoms with Crippen LogP contribution in [0.3, 0.4) is 0 Å². The van der Waals surface area contributed by atoms with E-state index in [9.17, 15) is 17.6 Å². The molecule has 74 valence electrons. The summed E-state index contributed by atoms with van der Waals surface area (Å²) in [4.78, 5) is 0. The monoisotopic (exact) mass is 194 g/mol. The molecule has 0 saturated carbocycles. The van der Waals surface area contributed by atoms with Gasteiger partial charge in [-0.1, -0.05) is 6.92 Å². The zero-order valence-corrected chi connectivity index (χ0v) is 7.37. The summed E-state index contributed by atoms with van der Waals surface area (Å²) in [5.74, 6) is -1.10. The van der Waals surface area contributed by atoms with E-state index < -0.39 is 17.6 Å². The van der Waals surface area contributed by atoms with Crippen LogP contribution in [0.4, 0.5) is 17.6 Å². The van der Waals surface area contributed by atoms with Gasteiger partial charge >= 0.3 is 6.18 Å². The van der Waals surface area contributed by atoms with Crippen molar-refractivity contribution >= 4 is 0 Å². The molecule has 0 fully saturated rings. The molecule has 4 heteroatoms. The van der Waals surface area contributed by atoms with Gasteiger partial charge < -0.3 is 0 Å². The molecule has 0 saturated heterocycles. The van der Waals surface area contributed by atoms with Gasteiger partial charge in [-0.25, -0.2) is 4.39 Å². The summed E-state index contributed by atoms with van der Waals surface area (Å²) in [6.07, 6.45) is -3.93. The van der Waals surface area contributed by atoms with E-state index in [0.29, 0.717) is 11.6 Å². The van der Waals surface area contributed by atoms with Crippen molar-refractivity contribution in [1.29, 1.82) is 0 Å². The van der Waals surface area contributed by atoms with Gasteiger partial charge in [-0.05, 0) is 30.9 Å². The van der Waals surface area contributed by atoms with Crippen molar-refractivity contribution in [1.82, 2.24) is 0 Å². The molecule has 13 heavy (non-hydrogen) atoms. The highest BCUT2D eigenvalue weighted by molar-refractivity contribution is 5.31. The summed E-state index contributed by atoms with van der Waals surface area (Å²) in [5, 5.41) is 0. The van der Waals surface area contributed by atoms with Gasteiger partial charge in [0.25, 0.3) is 0 Å². The standard InChI is InChI=1S/C9H10F4/c1-5-3-7(9(11,12)13)4-8(10)6(5)2/h4-5H,3H2,1-2H3. The number of rotatable bonds is 0. The van der Waals surface area contributed by atoms with Crippen molar-refractivity contribution < 1.29 is 17.6 Å². The van der Waals surface area contributed by atoms with Crippen molar-refractivity contribution in [2.24, 2.45) is 5.92 Å². The van der Waals surface area contributed by atoms with Crippen LogP contribution in [0.5, 0.6) is 0 Å². The maximum Gasteiger partial charge on any atom is 0.412 e. The van der Waals surface area contributed by atoms with E-state index in [0.717, 1.165) is 0 Å². The number of allylic oxidation sites excluding steroid dienone is 4. The molecular weight excluding hydrogens is 184 g/mol. The SMILES string of the molecule is CC1=C(F)C=C(C(F)(F)F)CC1C. The highest BCUT2D eigenvalue weighted by Gasteiger charge is 2.36. The van der Waals surface area contributed by atoms with E-state index in [1.807, 2.05) is 0 Å². The molecule has 0 aromatic heterocycles. The van der Waals surface area contributed by atoms with Crippen molar-refractivity contribution in [2.45, 2.75) is 26.4 Å². The van der Waals surface area contributed by atoms with Crippen LogP contribution in [-0.4, -0.2) is 6.18 Å². The zero-order chi connectivity index (χ0) is 10.2. The Bertz CT molecular complexity index is 270.